The minimum absolute atomic E-state index is 0.0259. The zero-order valence-corrected chi connectivity index (χ0v) is 13.6. The average Bonchev–Trinajstić information content (AvgIpc) is 3.10. The van der Waals surface area contributed by atoms with Gasteiger partial charge in [-0.05, 0) is 37.1 Å². The first-order valence-corrected chi connectivity index (χ1v) is 9.81. The lowest BCUT2D eigenvalue weighted by atomic mass is 9.64. The Hall–Kier alpha value is -0.470. The zero-order valence-electron chi connectivity index (χ0n) is 12.0. The third kappa shape index (κ3) is 2.90. The van der Waals surface area contributed by atoms with Gasteiger partial charge >= 0.3 is 0 Å². The fourth-order valence-electron chi connectivity index (χ4n) is 3.26. The molecule has 3 rings (SSSR count). The van der Waals surface area contributed by atoms with Gasteiger partial charge in [0.2, 0.25) is 0 Å². The standard InChI is InChI=1S/C14H22N2O3S2/c17-11-14(6-4-7-14)13(12-5-3-10-20-12)15-21(18,19)16-8-1-2-9-16/h3,5,10,13,15,17H,1-2,4,6-9,11H2. The van der Waals surface area contributed by atoms with Crippen molar-refractivity contribution in [1.82, 2.24) is 9.03 Å². The Morgan fingerprint density at radius 1 is 1.33 bits per heavy atom. The second-order valence-corrected chi connectivity index (χ2v) is 8.73. The molecular weight excluding hydrogens is 308 g/mol. The third-order valence-corrected chi connectivity index (χ3v) is 7.29. The van der Waals surface area contributed by atoms with E-state index in [0.717, 1.165) is 37.0 Å². The molecule has 1 unspecified atom stereocenters. The van der Waals surface area contributed by atoms with Gasteiger partial charge in [0.1, 0.15) is 0 Å². The highest BCUT2D eigenvalue weighted by Gasteiger charge is 2.47. The fraction of sp³-hybridized carbons (Fsp3) is 0.714. The summed E-state index contributed by atoms with van der Waals surface area (Å²) in [6.07, 6.45) is 4.64. The lowest BCUT2D eigenvalue weighted by Gasteiger charge is -2.46. The number of rotatable bonds is 6. The number of nitrogens with zero attached hydrogens (tertiary/aromatic N) is 1. The smallest absolute Gasteiger partial charge is 0.280 e. The Kier molecular flexibility index (Phi) is 4.38. The van der Waals surface area contributed by atoms with Gasteiger partial charge in [-0.3, -0.25) is 0 Å². The number of hydrogen-bond donors (Lipinski definition) is 2. The largest absolute Gasteiger partial charge is 0.396 e. The van der Waals surface area contributed by atoms with Gasteiger partial charge in [-0.1, -0.05) is 12.5 Å². The lowest BCUT2D eigenvalue weighted by molar-refractivity contribution is 0.0135. The summed E-state index contributed by atoms with van der Waals surface area (Å²) < 4.78 is 29.6. The minimum Gasteiger partial charge on any atom is -0.396 e. The van der Waals surface area contributed by atoms with Gasteiger partial charge in [0.15, 0.2) is 0 Å². The molecule has 0 aromatic carbocycles. The first-order chi connectivity index (χ1) is 10.1. The van der Waals surface area contributed by atoms with Gasteiger partial charge in [0.05, 0.1) is 12.6 Å². The highest BCUT2D eigenvalue weighted by atomic mass is 32.2. The molecule has 0 amide bonds. The summed E-state index contributed by atoms with van der Waals surface area (Å²) >= 11 is 1.55. The van der Waals surface area contributed by atoms with Gasteiger partial charge in [-0.2, -0.15) is 17.4 Å². The highest BCUT2D eigenvalue weighted by Crippen LogP contribution is 2.51. The number of thiophene rings is 1. The first-order valence-electron chi connectivity index (χ1n) is 7.49. The molecule has 2 heterocycles. The van der Waals surface area contributed by atoms with Crippen molar-refractivity contribution < 1.29 is 13.5 Å². The molecular formula is C14H22N2O3S2. The van der Waals surface area contributed by atoms with Crippen LogP contribution in [0.5, 0.6) is 0 Å². The van der Waals surface area contributed by atoms with Crippen LogP contribution >= 0.6 is 11.3 Å². The molecule has 1 aromatic rings. The van der Waals surface area contributed by atoms with Crippen LogP contribution in [0, 0.1) is 5.41 Å². The Morgan fingerprint density at radius 2 is 2.05 bits per heavy atom. The molecule has 5 nitrogen and oxygen atoms in total. The Morgan fingerprint density at radius 3 is 2.52 bits per heavy atom. The molecule has 1 aliphatic carbocycles. The molecule has 0 bridgehead atoms. The van der Waals surface area contributed by atoms with E-state index < -0.39 is 10.2 Å². The van der Waals surface area contributed by atoms with Gasteiger partial charge < -0.3 is 5.11 Å². The summed E-state index contributed by atoms with van der Waals surface area (Å²) in [6.45, 7) is 1.22. The van der Waals surface area contributed by atoms with Gasteiger partial charge in [0.25, 0.3) is 10.2 Å². The van der Waals surface area contributed by atoms with Gasteiger partial charge in [-0.15, -0.1) is 11.3 Å². The second kappa shape index (κ2) is 5.96. The molecule has 21 heavy (non-hydrogen) atoms. The van der Waals surface area contributed by atoms with E-state index in [0.29, 0.717) is 13.1 Å². The Bertz CT molecular complexity index is 556. The maximum Gasteiger partial charge on any atom is 0.280 e. The highest BCUT2D eigenvalue weighted by molar-refractivity contribution is 7.87. The molecule has 1 aliphatic heterocycles. The predicted molar refractivity (Wildman–Crippen MR) is 83.3 cm³/mol. The lowest BCUT2D eigenvalue weighted by Crippen LogP contribution is -2.50. The van der Waals surface area contributed by atoms with Crippen molar-refractivity contribution in [2.45, 2.75) is 38.1 Å². The van der Waals surface area contributed by atoms with Crippen LogP contribution in [0.2, 0.25) is 0 Å². The predicted octanol–water partition coefficient (Wildman–Crippen LogP) is 1.88. The molecule has 1 saturated heterocycles. The number of nitrogens with one attached hydrogen (secondary N) is 1. The van der Waals surface area contributed by atoms with Crippen LogP contribution in [-0.2, 0) is 10.2 Å². The van der Waals surface area contributed by atoms with Crippen LogP contribution in [0.1, 0.15) is 43.0 Å². The minimum atomic E-state index is -3.48. The summed E-state index contributed by atoms with van der Waals surface area (Å²) in [5, 5.41) is 11.8. The molecule has 0 radical (unpaired) electrons. The van der Waals surface area contributed by atoms with Crippen LogP contribution in [0.15, 0.2) is 17.5 Å². The molecule has 2 fully saturated rings. The number of aliphatic hydroxyl groups excluding tert-OH is 1. The SMILES string of the molecule is O=S(=O)(NC(c1cccs1)C1(CO)CCC1)N1CCCC1. The Balaban J connectivity index is 1.86. The molecule has 7 heteroatoms. The van der Waals surface area contributed by atoms with E-state index in [1.54, 1.807) is 11.3 Å². The molecule has 2 aliphatic rings. The van der Waals surface area contributed by atoms with E-state index in [-0.39, 0.29) is 18.1 Å². The van der Waals surface area contributed by atoms with E-state index in [2.05, 4.69) is 4.72 Å². The molecule has 1 atom stereocenters. The summed E-state index contributed by atoms with van der Waals surface area (Å²) in [6, 6.07) is 3.57. The molecule has 118 valence electrons. The van der Waals surface area contributed by atoms with Crippen LogP contribution in [0.25, 0.3) is 0 Å². The van der Waals surface area contributed by atoms with E-state index in [1.807, 2.05) is 17.5 Å². The molecule has 1 aromatic heterocycles. The van der Waals surface area contributed by atoms with Gasteiger partial charge in [0, 0.05) is 23.4 Å². The van der Waals surface area contributed by atoms with E-state index in [9.17, 15) is 13.5 Å². The van der Waals surface area contributed by atoms with E-state index in [1.165, 1.54) is 4.31 Å². The van der Waals surface area contributed by atoms with Crippen molar-refractivity contribution in [1.29, 1.82) is 0 Å². The third-order valence-electron chi connectivity index (χ3n) is 4.78. The average molecular weight is 330 g/mol. The van der Waals surface area contributed by atoms with Crippen molar-refractivity contribution in [2.24, 2.45) is 5.41 Å². The maximum atomic E-state index is 12.6. The van der Waals surface area contributed by atoms with E-state index >= 15 is 0 Å². The molecule has 2 N–H and O–H groups in total. The molecule has 1 saturated carbocycles. The maximum absolute atomic E-state index is 12.6. The van der Waals surface area contributed by atoms with Crippen molar-refractivity contribution in [2.75, 3.05) is 19.7 Å². The molecule has 0 spiro atoms. The summed E-state index contributed by atoms with van der Waals surface area (Å²) in [5.74, 6) is 0. The van der Waals surface area contributed by atoms with Crippen molar-refractivity contribution in [3.05, 3.63) is 22.4 Å². The van der Waals surface area contributed by atoms with Crippen LogP contribution < -0.4 is 4.72 Å². The van der Waals surface area contributed by atoms with Crippen LogP contribution in [0.3, 0.4) is 0 Å². The zero-order chi connectivity index (χ0) is 14.9. The summed E-state index contributed by atoms with van der Waals surface area (Å²) in [7, 11) is -3.48. The number of hydrogen-bond acceptors (Lipinski definition) is 4. The second-order valence-electron chi connectivity index (χ2n) is 6.05. The van der Waals surface area contributed by atoms with Crippen molar-refractivity contribution in [3.63, 3.8) is 0 Å². The monoisotopic (exact) mass is 330 g/mol. The summed E-state index contributed by atoms with van der Waals surface area (Å²) in [5.41, 5.74) is -0.336. The van der Waals surface area contributed by atoms with Gasteiger partial charge in [-0.25, -0.2) is 0 Å². The topological polar surface area (TPSA) is 69.6 Å². The fourth-order valence-corrected chi connectivity index (χ4v) is 5.82. The van der Waals surface area contributed by atoms with Crippen LogP contribution in [0.4, 0.5) is 0 Å². The Labute approximate surface area is 130 Å². The summed E-state index contributed by atoms with van der Waals surface area (Å²) in [4.78, 5) is 0.992. The normalized spacial score (nSPS) is 23.9. The number of aliphatic hydroxyl groups is 1. The van der Waals surface area contributed by atoms with Crippen molar-refractivity contribution in [3.8, 4) is 0 Å². The van der Waals surface area contributed by atoms with E-state index in [4.69, 9.17) is 0 Å². The quantitative estimate of drug-likeness (QED) is 0.837. The first kappa shape index (κ1) is 15.4. The van der Waals surface area contributed by atoms with Crippen molar-refractivity contribution >= 4 is 21.5 Å². The van der Waals surface area contributed by atoms with Crippen LogP contribution in [-0.4, -0.2) is 37.5 Å².